The predicted octanol–water partition coefficient (Wildman–Crippen LogP) is 1.76. The van der Waals surface area contributed by atoms with E-state index < -0.39 is 41.6 Å². The average Bonchev–Trinajstić information content (AvgIpc) is 2.80. The van der Waals surface area contributed by atoms with Crippen LogP contribution in [0.4, 0.5) is 4.79 Å². The summed E-state index contributed by atoms with van der Waals surface area (Å²) in [4.78, 5) is 10.8. The molecule has 0 aromatic carbocycles. The van der Waals surface area contributed by atoms with Crippen LogP contribution in [0.1, 0.15) is 27.7 Å². The molecule has 0 spiro atoms. The summed E-state index contributed by atoms with van der Waals surface area (Å²) in [5, 5.41) is 0. The van der Waals surface area contributed by atoms with Gasteiger partial charge in [-0.1, -0.05) is 0 Å². The van der Waals surface area contributed by atoms with Crippen LogP contribution in [0.5, 0.6) is 0 Å². The Bertz CT molecular complexity index is 438. The lowest BCUT2D eigenvalue weighted by Gasteiger charge is -2.36. The highest BCUT2D eigenvalue weighted by molar-refractivity contribution is 6.61. The third-order valence-electron chi connectivity index (χ3n) is 3.61. The van der Waals surface area contributed by atoms with E-state index in [0.29, 0.717) is 0 Å². The molecule has 8 heteroatoms. The minimum absolute atomic E-state index is 0.0318. The molecule has 0 N–H and O–H groups in total. The molecule has 0 aromatic rings. The molecule has 0 radical (unpaired) electrons. The maximum atomic E-state index is 10.8. The molecule has 0 unspecified atom stereocenters. The van der Waals surface area contributed by atoms with Crippen molar-refractivity contribution in [2.24, 2.45) is 0 Å². The van der Waals surface area contributed by atoms with Crippen molar-refractivity contribution in [3.8, 4) is 0 Å². The summed E-state index contributed by atoms with van der Waals surface area (Å²) in [5.41, 5.74) is -0.889. The normalized spacial score (nSPS) is 43.2. The molecule has 120 valence electrons. The number of hydrogen-bond acceptors (Lipinski definition) is 7. The molecule has 3 saturated heterocycles. The number of hydrogen-bond donors (Lipinski definition) is 0. The van der Waals surface area contributed by atoms with Crippen LogP contribution < -0.4 is 0 Å². The molecule has 0 saturated carbocycles. The van der Waals surface area contributed by atoms with Gasteiger partial charge >= 0.3 is 5.43 Å². The molecular formula is C13H19ClO7. The van der Waals surface area contributed by atoms with Crippen molar-refractivity contribution in [2.45, 2.75) is 70.0 Å². The Hall–Kier alpha value is -0.440. The van der Waals surface area contributed by atoms with Gasteiger partial charge in [0.15, 0.2) is 17.9 Å². The van der Waals surface area contributed by atoms with Gasteiger partial charge in [0.2, 0.25) is 0 Å². The minimum atomic E-state index is -0.889. The number of carbonyl (C=O) groups is 1. The molecule has 7 nitrogen and oxygen atoms in total. The Balaban J connectivity index is 1.80. The van der Waals surface area contributed by atoms with Crippen LogP contribution in [0.15, 0.2) is 0 Å². The molecule has 5 atom stereocenters. The van der Waals surface area contributed by atoms with Crippen molar-refractivity contribution >= 4 is 17.0 Å². The number of fused-ring (bicyclic) bond motifs is 3. The van der Waals surface area contributed by atoms with E-state index in [1.165, 1.54) is 0 Å². The van der Waals surface area contributed by atoms with E-state index in [-0.39, 0.29) is 12.7 Å². The van der Waals surface area contributed by atoms with Crippen LogP contribution in [-0.2, 0) is 28.4 Å². The molecular weight excluding hydrogens is 304 g/mol. The van der Waals surface area contributed by atoms with Crippen LogP contribution in [0.3, 0.4) is 0 Å². The largest absolute Gasteiger partial charge is 0.451 e. The van der Waals surface area contributed by atoms with Crippen LogP contribution in [-0.4, -0.2) is 54.3 Å². The van der Waals surface area contributed by atoms with Gasteiger partial charge in [0.1, 0.15) is 31.0 Å². The second-order valence-corrected chi connectivity index (χ2v) is 6.57. The van der Waals surface area contributed by atoms with Crippen LogP contribution in [0.25, 0.3) is 0 Å². The first kappa shape index (κ1) is 15.5. The Labute approximate surface area is 127 Å². The van der Waals surface area contributed by atoms with E-state index >= 15 is 0 Å². The standard InChI is InChI=1S/C13H19ClO7/c1-12(2)18-7-6(5-16-11(14)15)17-10-9(8(7)19-12)20-13(3,4)21-10/h6-10H,5H2,1-4H3/t6-,7+,8+,9-,10-/m1/s1. The van der Waals surface area contributed by atoms with Gasteiger partial charge < -0.3 is 28.4 Å². The van der Waals surface area contributed by atoms with Gasteiger partial charge in [-0.25, -0.2) is 4.79 Å². The number of rotatable bonds is 2. The molecule has 3 aliphatic heterocycles. The summed E-state index contributed by atoms with van der Waals surface area (Å²) in [6.45, 7) is 7.20. The highest BCUT2D eigenvalue weighted by atomic mass is 35.5. The van der Waals surface area contributed by atoms with Gasteiger partial charge in [0.25, 0.3) is 0 Å². The maximum Gasteiger partial charge on any atom is 0.403 e. The van der Waals surface area contributed by atoms with Gasteiger partial charge in [0.05, 0.1) is 0 Å². The number of halogens is 1. The Kier molecular flexibility index (Phi) is 3.71. The third-order valence-corrected chi connectivity index (χ3v) is 3.72. The van der Waals surface area contributed by atoms with E-state index in [1.54, 1.807) is 13.8 Å². The topological polar surface area (TPSA) is 72.5 Å². The molecule has 0 amide bonds. The molecule has 3 aliphatic rings. The summed E-state index contributed by atoms with van der Waals surface area (Å²) >= 11 is 5.21. The summed E-state index contributed by atoms with van der Waals surface area (Å²) in [6.07, 6.45) is -2.31. The van der Waals surface area contributed by atoms with E-state index in [4.69, 9.17) is 40.0 Å². The Morgan fingerprint density at radius 3 is 2.24 bits per heavy atom. The molecule has 21 heavy (non-hydrogen) atoms. The zero-order chi connectivity index (χ0) is 15.4. The fourth-order valence-electron chi connectivity index (χ4n) is 2.98. The van der Waals surface area contributed by atoms with Crippen molar-refractivity contribution in [1.82, 2.24) is 0 Å². The summed E-state index contributed by atoms with van der Waals surface area (Å²) in [5.74, 6) is -1.54. The van der Waals surface area contributed by atoms with Crippen molar-refractivity contribution in [3.63, 3.8) is 0 Å². The summed E-state index contributed by atoms with van der Waals surface area (Å²) in [7, 11) is 0. The highest BCUT2D eigenvalue weighted by Crippen LogP contribution is 2.44. The van der Waals surface area contributed by atoms with Gasteiger partial charge in [-0.05, 0) is 27.7 Å². The van der Waals surface area contributed by atoms with E-state index in [2.05, 4.69) is 0 Å². The van der Waals surface area contributed by atoms with Crippen LogP contribution in [0, 0.1) is 0 Å². The average molecular weight is 323 g/mol. The SMILES string of the molecule is CC1(C)O[C@H]2[C@@H](O1)[C@@H](COC(=O)Cl)O[C@@H]1OC(C)(C)O[C@@H]12. The summed E-state index contributed by atoms with van der Waals surface area (Å²) in [6, 6.07) is 0. The van der Waals surface area contributed by atoms with Crippen molar-refractivity contribution in [1.29, 1.82) is 0 Å². The van der Waals surface area contributed by atoms with Crippen molar-refractivity contribution in [2.75, 3.05) is 6.61 Å². The predicted molar refractivity (Wildman–Crippen MR) is 69.7 cm³/mol. The monoisotopic (exact) mass is 322 g/mol. The molecule has 0 bridgehead atoms. The first-order valence-corrected chi connectivity index (χ1v) is 7.24. The fourth-order valence-corrected chi connectivity index (χ4v) is 3.04. The van der Waals surface area contributed by atoms with E-state index in [1.807, 2.05) is 13.8 Å². The van der Waals surface area contributed by atoms with Crippen molar-refractivity contribution < 1.29 is 33.2 Å². The lowest BCUT2D eigenvalue weighted by Crippen LogP contribution is -2.56. The first-order valence-electron chi connectivity index (χ1n) is 6.86. The molecule has 3 fully saturated rings. The van der Waals surface area contributed by atoms with Gasteiger partial charge in [-0.3, -0.25) is 0 Å². The molecule has 0 aromatic heterocycles. The van der Waals surface area contributed by atoms with Gasteiger partial charge in [-0.2, -0.15) is 0 Å². The second kappa shape index (κ2) is 5.04. The first-order chi connectivity index (χ1) is 9.67. The Morgan fingerprint density at radius 1 is 1.00 bits per heavy atom. The van der Waals surface area contributed by atoms with Gasteiger partial charge in [-0.15, -0.1) is 0 Å². The second-order valence-electron chi connectivity index (χ2n) is 6.26. The zero-order valence-corrected chi connectivity index (χ0v) is 13.1. The van der Waals surface area contributed by atoms with E-state index in [9.17, 15) is 4.79 Å². The van der Waals surface area contributed by atoms with Gasteiger partial charge in [0, 0.05) is 11.6 Å². The van der Waals surface area contributed by atoms with E-state index in [0.717, 1.165) is 0 Å². The maximum absolute atomic E-state index is 10.8. The van der Waals surface area contributed by atoms with Crippen LogP contribution in [0.2, 0.25) is 0 Å². The minimum Gasteiger partial charge on any atom is -0.451 e. The number of ether oxygens (including phenoxy) is 6. The van der Waals surface area contributed by atoms with Crippen molar-refractivity contribution in [3.05, 3.63) is 0 Å². The lowest BCUT2D eigenvalue weighted by molar-refractivity contribution is -0.239. The lowest BCUT2D eigenvalue weighted by atomic mass is 9.99. The molecule has 3 heterocycles. The quantitative estimate of drug-likeness (QED) is 0.717. The molecule has 0 aliphatic carbocycles. The highest BCUT2D eigenvalue weighted by Gasteiger charge is 2.60. The third kappa shape index (κ3) is 3.04. The fraction of sp³-hybridized carbons (Fsp3) is 0.923. The molecule has 3 rings (SSSR count). The zero-order valence-electron chi connectivity index (χ0n) is 12.3. The number of carbonyl (C=O) groups excluding carboxylic acids is 1. The Morgan fingerprint density at radius 2 is 1.57 bits per heavy atom. The summed E-state index contributed by atoms with van der Waals surface area (Å²) < 4.78 is 34.0. The smallest absolute Gasteiger partial charge is 0.403 e. The van der Waals surface area contributed by atoms with Crippen LogP contribution >= 0.6 is 11.6 Å².